The molecule has 0 bridgehead atoms. The van der Waals surface area contributed by atoms with Crippen molar-refractivity contribution >= 4 is 37.6 Å². The lowest BCUT2D eigenvalue weighted by Gasteiger charge is -2.58. The first-order chi connectivity index (χ1) is 26.1. The zero-order valence-electron chi connectivity index (χ0n) is 29.6. The zero-order chi connectivity index (χ0) is 37.9. The largest absolute Gasteiger partial charge is 0.461 e. The lowest BCUT2D eigenvalue weighted by atomic mass is 9.74. The number of rotatable bonds is 11. The fourth-order valence-electron chi connectivity index (χ4n) is 7.96. The summed E-state index contributed by atoms with van der Waals surface area (Å²) in [4.78, 5) is 25.3. The predicted molar refractivity (Wildman–Crippen MR) is 208 cm³/mol. The fraction of sp³-hybridized carbons (Fsp3) is 0.262. The topological polar surface area (TPSA) is 119 Å². The van der Waals surface area contributed by atoms with E-state index in [-0.39, 0.29) is 54.7 Å². The fourth-order valence-corrected chi connectivity index (χ4v) is 9.70. The van der Waals surface area contributed by atoms with Gasteiger partial charge in [0.05, 0.1) is 16.4 Å². The number of sulfonamides is 1. The van der Waals surface area contributed by atoms with E-state index in [1.54, 1.807) is 0 Å². The predicted octanol–water partition coefficient (Wildman–Crippen LogP) is 7.53. The number of esters is 1. The average Bonchev–Trinajstić information content (AvgIpc) is 3.18. The maximum atomic E-state index is 14.2. The highest BCUT2D eigenvalue weighted by Gasteiger charge is 2.53. The van der Waals surface area contributed by atoms with E-state index in [4.69, 9.17) is 9.47 Å². The molecule has 7 rings (SSSR count). The number of halogens is 1. The number of ether oxygens (including phenoxy) is 2. The van der Waals surface area contributed by atoms with E-state index in [0.717, 1.165) is 26.7 Å². The summed E-state index contributed by atoms with van der Waals surface area (Å²) in [6.07, 6.45) is -0.316. The Morgan fingerprint density at radius 3 is 1.85 bits per heavy atom. The second kappa shape index (κ2) is 15.9. The molecule has 0 spiro atoms. The summed E-state index contributed by atoms with van der Waals surface area (Å²) < 4.78 is 44.0. The van der Waals surface area contributed by atoms with E-state index in [1.165, 1.54) is 35.5 Å². The highest BCUT2D eigenvalue weighted by Crippen LogP contribution is 2.47. The molecule has 5 aromatic rings. The van der Waals surface area contributed by atoms with Crippen LogP contribution >= 0.6 is 15.9 Å². The molecule has 5 aromatic carbocycles. The van der Waals surface area contributed by atoms with Crippen molar-refractivity contribution in [2.45, 2.75) is 47.9 Å². The smallest absolute Gasteiger partial charge is 0.302 e. The molecule has 0 radical (unpaired) electrons. The molecule has 12 heteroatoms. The first kappa shape index (κ1) is 37.6. The molecular weight excluding hydrogens is 770 g/mol. The van der Waals surface area contributed by atoms with Crippen LogP contribution < -0.4 is 0 Å². The highest BCUT2D eigenvalue weighted by atomic mass is 79.9. The van der Waals surface area contributed by atoms with Gasteiger partial charge < -0.3 is 9.47 Å². The summed E-state index contributed by atoms with van der Waals surface area (Å²) in [5.74, 6) is -0.611. The van der Waals surface area contributed by atoms with E-state index in [2.05, 4.69) is 69.4 Å². The van der Waals surface area contributed by atoms with Crippen molar-refractivity contribution in [2.75, 3.05) is 26.2 Å². The summed E-state index contributed by atoms with van der Waals surface area (Å²) in [6, 6.07) is 42.9. The van der Waals surface area contributed by atoms with Gasteiger partial charge in [0.25, 0.3) is 5.69 Å². The normalized spacial score (nSPS) is 20.9. The molecule has 0 saturated carbocycles. The Morgan fingerprint density at radius 1 is 0.815 bits per heavy atom. The molecule has 4 atom stereocenters. The van der Waals surface area contributed by atoms with Crippen LogP contribution in [0, 0.1) is 10.1 Å². The lowest BCUT2D eigenvalue weighted by molar-refractivity contribution is -0.384. The van der Waals surface area contributed by atoms with Gasteiger partial charge in [0.15, 0.2) is 0 Å². The van der Waals surface area contributed by atoms with Crippen LogP contribution in [-0.4, -0.2) is 72.9 Å². The summed E-state index contributed by atoms with van der Waals surface area (Å²) in [7, 11) is -4.09. The molecule has 2 fully saturated rings. The molecule has 0 amide bonds. The van der Waals surface area contributed by atoms with Crippen molar-refractivity contribution in [3.63, 3.8) is 0 Å². The number of carbonyl (C=O) groups excluding carboxylic acids is 1. The van der Waals surface area contributed by atoms with Gasteiger partial charge in [0, 0.05) is 61.2 Å². The Hall–Kier alpha value is -4.72. The standard InChI is InChI=1S/C42H40BrN3O7S/c1-30(47)53-37-25-26-44(54(50,51)38-23-21-36(22-24-38)46(48)49)28-39-41(31-17-19-35(43)20-18-31)40(45(39)27-37)29-52-42(32-11-5-2-6-12-32,33-13-7-3-8-14-33)34-15-9-4-10-16-34/h2-24,37,39-41H,25-29H2,1H3/t37-,39-,40+,41+/m0/s1. The molecule has 0 aliphatic carbocycles. The van der Waals surface area contributed by atoms with E-state index < -0.39 is 32.6 Å². The molecule has 10 nitrogen and oxygen atoms in total. The van der Waals surface area contributed by atoms with Gasteiger partial charge in [-0.25, -0.2) is 8.42 Å². The molecule has 2 aliphatic heterocycles. The summed E-state index contributed by atoms with van der Waals surface area (Å²) in [5, 5.41) is 11.3. The van der Waals surface area contributed by atoms with Crippen LogP contribution in [-0.2, 0) is 29.9 Å². The van der Waals surface area contributed by atoms with E-state index in [1.807, 2.05) is 66.7 Å². The van der Waals surface area contributed by atoms with Crippen LogP contribution in [0.3, 0.4) is 0 Å². The van der Waals surface area contributed by atoms with Gasteiger partial charge >= 0.3 is 5.97 Å². The van der Waals surface area contributed by atoms with Crippen molar-refractivity contribution in [1.29, 1.82) is 0 Å². The Bertz CT molecular complexity index is 2080. The quantitative estimate of drug-likeness (QED) is 0.0582. The Balaban J connectivity index is 1.30. The molecule has 2 heterocycles. The highest BCUT2D eigenvalue weighted by molar-refractivity contribution is 9.10. The van der Waals surface area contributed by atoms with E-state index in [0.29, 0.717) is 6.54 Å². The monoisotopic (exact) mass is 809 g/mol. The molecule has 2 saturated heterocycles. The number of non-ortho nitro benzene ring substituents is 1. The number of nitro benzene ring substituents is 1. The van der Waals surface area contributed by atoms with Crippen molar-refractivity contribution in [3.05, 3.63) is 176 Å². The Labute approximate surface area is 323 Å². The van der Waals surface area contributed by atoms with Gasteiger partial charge in [0.1, 0.15) is 11.7 Å². The van der Waals surface area contributed by atoms with Gasteiger partial charge in [-0.3, -0.25) is 19.8 Å². The van der Waals surface area contributed by atoms with Gasteiger partial charge in [-0.1, -0.05) is 119 Å². The second-order valence-electron chi connectivity index (χ2n) is 13.6. The van der Waals surface area contributed by atoms with Crippen LogP contribution in [0.4, 0.5) is 5.69 Å². The maximum Gasteiger partial charge on any atom is 0.302 e. The SMILES string of the molecule is CC(=O)O[C@H]1CCN(S(=O)(=O)c2ccc([N+](=O)[O-])cc2)C[C@H]2[C@@H](c3ccc(Br)cc3)[C@@H](COC(c3ccccc3)(c3ccccc3)c3ccccc3)N2C1. The van der Waals surface area contributed by atoms with Gasteiger partial charge in [-0.15, -0.1) is 0 Å². The summed E-state index contributed by atoms with van der Waals surface area (Å²) in [5.41, 5.74) is 2.73. The van der Waals surface area contributed by atoms with Crippen LogP contribution in [0.1, 0.15) is 41.5 Å². The van der Waals surface area contributed by atoms with Crippen molar-refractivity contribution in [2.24, 2.45) is 0 Å². The Kier molecular flexibility index (Phi) is 11.1. The van der Waals surface area contributed by atoms with Crippen molar-refractivity contribution in [3.8, 4) is 0 Å². The first-order valence-corrected chi connectivity index (χ1v) is 20.0. The number of nitro groups is 1. The first-order valence-electron chi connectivity index (χ1n) is 17.8. The summed E-state index contributed by atoms with van der Waals surface area (Å²) >= 11 is 3.57. The minimum atomic E-state index is -4.09. The Morgan fingerprint density at radius 2 is 1.35 bits per heavy atom. The van der Waals surface area contributed by atoms with Gasteiger partial charge in [-0.05, 0) is 52.9 Å². The van der Waals surface area contributed by atoms with Crippen molar-refractivity contribution < 1.29 is 27.6 Å². The van der Waals surface area contributed by atoms with Crippen LogP contribution in [0.15, 0.2) is 149 Å². The number of fused-ring (bicyclic) bond motifs is 1. The van der Waals surface area contributed by atoms with Crippen LogP contribution in [0.2, 0.25) is 0 Å². The minimum absolute atomic E-state index is 0.0398. The zero-order valence-corrected chi connectivity index (χ0v) is 32.0. The molecule has 278 valence electrons. The average molecular weight is 811 g/mol. The van der Waals surface area contributed by atoms with E-state index in [9.17, 15) is 23.3 Å². The van der Waals surface area contributed by atoms with Gasteiger partial charge in [-0.2, -0.15) is 4.31 Å². The van der Waals surface area contributed by atoms with Crippen LogP contribution in [0.25, 0.3) is 0 Å². The minimum Gasteiger partial charge on any atom is -0.461 e. The number of benzene rings is 5. The molecule has 54 heavy (non-hydrogen) atoms. The van der Waals surface area contributed by atoms with Gasteiger partial charge in [0.2, 0.25) is 10.0 Å². The molecule has 0 unspecified atom stereocenters. The van der Waals surface area contributed by atoms with Crippen LogP contribution in [0.5, 0.6) is 0 Å². The second-order valence-corrected chi connectivity index (χ2v) is 16.5. The lowest BCUT2D eigenvalue weighted by Crippen LogP contribution is -2.70. The molecule has 0 aromatic heterocycles. The molecular formula is C42H40BrN3O7S. The van der Waals surface area contributed by atoms with Crippen molar-refractivity contribution in [1.82, 2.24) is 9.21 Å². The summed E-state index contributed by atoms with van der Waals surface area (Å²) in [6.45, 7) is 2.28. The number of carbonyl (C=O) groups is 1. The molecule has 0 N–H and O–H groups in total. The third-order valence-corrected chi connectivity index (χ3v) is 12.9. The molecule has 2 aliphatic rings. The maximum absolute atomic E-state index is 14.2. The third kappa shape index (κ3) is 7.49. The number of hydrogen-bond acceptors (Lipinski definition) is 8. The van der Waals surface area contributed by atoms with E-state index >= 15 is 0 Å². The third-order valence-electron chi connectivity index (χ3n) is 10.5. The number of hydrogen-bond donors (Lipinski definition) is 0. The number of nitrogens with zero attached hydrogens (tertiary/aromatic N) is 3.